The van der Waals surface area contributed by atoms with Crippen LogP contribution in [0.25, 0.3) is 22.3 Å². The summed E-state index contributed by atoms with van der Waals surface area (Å²) in [4.78, 5) is 22.9. The Labute approximate surface area is 151 Å². The molecule has 142 valence electrons. The number of alkyl halides is 3. The Morgan fingerprint density at radius 2 is 2.07 bits per heavy atom. The van der Waals surface area contributed by atoms with Gasteiger partial charge < -0.3 is 21.1 Å². The number of halogens is 3. The summed E-state index contributed by atoms with van der Waals surface area (Å²) in [5.74, 6) is -1.12. The minimum atomic E-state index is -4.39. The quantitative estimate of drug-likeness (QED) is 0.541. The topological polar surface area (TPSA) is 117 Å². The molecule has 0 radical (unpaired) electrons. The number of H-pyrrole nitrogens is 1. The lowest BCUT2D eigenvalue weighted by molar-refractivity contribution is -0.115. The van der Waals surface area contributed by atoms with Crippen LogP contribution in [0.2, 0.25) is 0 Å². The number of nitrogens with one attached hydrogen (secondary N) is 2. The smallest absolute Gasteiger partial charge is 0.405 e. The minimum Gasteiger partial charge on any atom is -0.478 e. The van der Waals surface area contributed by atoms with Crippen LogP contribution in [0.15, 0.2) is 24.3 Å². The number of carboxylic acid groups (broad SMARTS) is 1. The van der Waals surface area contributed by atoms with E-state index in [0.717, 1.165) is 0 Å². The van der Waals surface area contributed by atoms with Crippen LogP contribution in [-0.4, -0.2) is 38.7 Å². The van der Waals surface area contributed by atoms with Gasteiger partial charge in [-0.05, 0) is 19.1 Å². The predicted molar refractivity (Wildman–Crippen MR) is 93.5 cm³/mol. The predicted octanol–water partition coefficient (Wildman–Crippen LogP) is 3.06. The molecule has 0 unspecified atom stereocenters. The third kappa shape index (κ3) is 3.85. The van der Waals surface area contributed by atoms with Crippen molar-refractivity contribution in [2.45, 2.75) is 19.6 Å². The van der Waals surface area contributed by atoms with Crippen LogP contribution in [0.1, 0.15) is 21.7 Å². The monoisotopic (exact) mass is 379 g/mol. The minimum absolute atomic E-state index is 0.00439. The van der Waals surface area contributed by atoms with E-state index in [0.29, 0.717) is 33.7 Å². The summed E-state index contributed by atoms with van der Waals surface area (Å²) in [5.41, 5.74) is 8.04. The standard InChI is InChI=1S/C17H16F3N5O2/c1-8-15(22-7-17(18,19)20)25-14-9(3-2-4-11(14)23-8)12-5-10(16(26)27)13(6-21)24-12/h2-5,24H,6-7,21H2,1H3,(H,22,25)(H,26,27). The van der Waals surface area contributed by atoms with E-state index in [4.69, 9.17) is 5.73 Å². The average molecular weight is 379 g/mol. The van der Waals surface area contributed by atoms with E-state index in [9.17, 15) is 23.1 Å². The number of nitrogens with two attached hydrogens (primary N) is 1. The van der Waals surface area contributed by atoms with Crippen LogP contribution in [0.3, 0.4) is 0 Å². The SMILES string of the molecule is Cc1nc2cccc(-c3cc(C(=O)O)c(CN)[nH]3)c2nc1NCC(F)(F)F. The molecule has 3 rings (SSSR count). The number of carboxylic acids is 1. The van der Waals surface area contributed by atoms with Gasteiger partial charge in [0, 0.05) is 23.5 Å². The number of hydrogen-bond donors (Lipinski definition) is 4. The highest BCUT2D eigenvalue weighted by Crippen LogP contribution is 2.29. The fourth-order valence-electron chi connectivity index (χ4n) is 2.73. The van der Waals surface area contributed by atoms with Gasteiger partial charge in [0.25, 0.3) is 0 Å². The number of aryl methyl sites for hydroxylation is 1. The number of para-hydroxylation sites is 1. The third-order valence-corrected chi connectivity index (χ3v) is 3.95. The number of aromatic amines is 1. The Morgan fingerprint density at radius 3 is 2.67 bits per heavy atom. The first-order valence-corrected chi connectivity index (χ1v) is 7.93. The number of benzene rings is 1. The summed E-state index contributed by atoms with van der Waals surface area (Å²) in [6.45, 7) is 0.316. The molecule has 10 heteroatoms. The molecule has 0 saturated heterocycles. The van der Waals surface area contributed by atoms with Crippen LogP contribution in [-0.2, 0) is 6.54 Å². The normalized spacial score (nSPS) is 11.7. The molecule has 0 saturated carbocycles. The van der Waals surface area contributed by atoms with Crippen LogP contribution in [0, 0.1) is 6.92 Å². The number of carbonyl (C=O) groups is 1. The van der Waals surface area contributed by atoms with Gasteiger partial charge in [0.15, 0.2) is 0 Å². The molecule has 2 heterocycles. The molecule has 0 aliphatic carbocycles. The Morgan fingerprint density at radius 1 is 1.33 bits per heavy atom. The zero-order valence-electron chi connectivity index (χ0n) is 14.2. The van der Waals surface area contributed by atoms with Crippen molar-refractivity contribution in [3.8, 4) is 11.3 Å². The van der Waals surface area contributed by atoms with Crippen molar-refractivity contribution in [1.29, 1.82) is 0 Å². The molecule has 7 nitrogen and oxygen atoms in total. The Hall–Kier alpha value is -3.14. The van der Waals surface area contributed by atoms with Crippen molar-refractivity contribution >= 4 is 22.8 Å². The molecule has 5 N–H and O–H groups in total. The second-order valence-corrected chi connectivity index (χ2v) is 5.88. The van der Waals surface area contributed by atoms with Gasteiger partial charge in [0.05, 0.1) is 16.8 Å². The lowest BCUT2D eigenvalue weighted by Crippen LogP contribution is -2.22. The molecular formula is C17H16F3N5O2. The van der Waals surface area contributed by atoms with Gasteiger partial charge >= 0.3 is 12.1 Å². The summed E-state index contributed by atoms with van der Waals surface area (Å²) >= 11 is 0. The molecule has 2 aromatic heterocycles. The fraction of sp³-hybridized carbons (Fsp3) is 0.235. The molecular weight excluding hydrogens is 363 g/mol. The molecule has 0 aliphatic rings. The first kappa shape index (κ1) is 18.6. The van der Waals surface area contributed by atoms with Crippen molar-refractivity contribution in [1.82, 2.24) is 15.0 Å². The Kier molecular flexibility index (Phi) is 4.75. The summed E-state index contributed by atoms with van der Waals surface area (Å²) in [5, 5.41) is 11.5. The first-order valence-electron chi connectivity index (χ1n) is 7.93. The number of aromatic nitrogens is 3. The van der Waals surface area contributed by atoms with Gasteiger partial charge in [-0.25, -0.2) is 14.8 Å². The summed E-state index contributed by atoms with van der Waals surface area (Å²) in [7, 11) is 0. The number of hydrogen-bond acceptors (Lipinski definition) is 5. The highest BCUT2D eigenvalue weighted by molar-refractivity contribution is 5.95. The van der Waals surface area contributed by atoms with E-state index in [2.05, 4.69) is 20.3 Å². The molecule has 0 amide bonds. The zero-order chi connectivity index (χ0) is 19.8. The lowest BCUT2D eigenvalue weighted by Gasteiger charge is -2.12. The maximum atomic E-state index is 12.5. The average Bonchev–Trinajstić information content (AvgIpc) is 3.03. The summed E-state index contributed by atoms with van der Waals surface area (Å²) in [6.07, 6.45) is -4.39. The second kappa shape index (κ2) is 6.88. The van der Waals surface area contributed by atoms with Crippen LogP contribution >= 0.6 is 0 Å². The van der Waals surface area contributed by atoms with Gasteiger partial charge in [0.2, 0.25) is 0 Å². The van der Waals surface area contributed by atoms with E-state index < -0.39 is 18.7 Å². The largest absolute Gasteiger partial charge is 0.478 e. The van der Waals surface area contributed by atoms with Crippen molar-refractivity contribution in [3.63, 3.8) is 0 Å². The van der Waals surface area contributed by atoms with E-state index in [1.54, 1.807) is 25.1 Å². The van der Waals surface area contributed by atoms with Crippen molar-refractivity contribution in [2.24, 2.45) is 5.73 Å². The molecule has 0 fully saturated rings. The third-order valence-electron chi connectivity index (χ3n) is 3.95. The summed E-state index contributed by atoms with van der Waals surface area (Å²) in [6, 6.07) is 6.48. The first-order chi connectivity index (χ1) is 12.7. The number of anilines is 1. The van der Waals surface area contributed by atoms with Crippen LogP contribution in [0.4, 0.5) is 19.0 Å². The van der Waals surface area contributed by atoms with Crippen molar-refractivity contribution in [2.75, 3.05) is 11.9 Å². The van der Waals surface area contributed by atoms with Crippen LogP contribution < -0.4 is 11.1 Å². The molecule has 1 aromatic carbocycles. The van der Waals surface area contributed by atoms with Crippen molar-refractivity contribution < 1.29 is 23.1 Å². The lowest BCUT2D eigenvalue weighted by atomic mass is 10.1. The molecule has 3 aromatic rings. The van der Waals surface area contributed by atoms with Gasteiger partial charge in [-0.15, -0.1) is 0 Å². The Balaban J connectivity index is 2.12. The number of rotatable bonds is 5. The van der Waals surface area contributed by atoms with E-state index in [1.807, 2.05) is 0 Å². The molecule has 0 atom stereocenters. The van der Waals surface area contributed by atoms with Gasteiger partial charge in [-0.2, -0.15) is 13.2 Å². The summed E-state index contributed by atoms with van der Waals surface area (Å²) < 4.78 is 37.5. The number of nitrogens with zero attached hydrogens (tertiary/aromatic N) is 2. The van der Waals surface area contributed by atoms with Gasteiger partial charge in [-0.3, -0.25) is 0 Å². The highest BCUT2D eigenvalue weighted by atomic mass is 19.4. The van der Waals surface area contributed by atoms with Crippen molar-refractivity contribution in [3.05, 3.63) is 41.2 Å². The zero-order valence-corrected chi connectivity index (χ0v) is 14.2. The van der Waals surface area contributed by atoms with Crippen LogP contribution in [0.5, 0.6) is 0 Å². The number of aromatic carboxylic acids is 1. The molecule has 0 aliphatic heterocycles. The highest BCUT2D eigenvalue weighted by Gasteiger charge is 2.27. The Bertz CT molecular complexity index is 1010. The molecule has 27 heavy (non-hydrogen) atoms. The fourth-order valence-corrected chi connectivity index (χ4v) is 2.73. The van der Waals surface area contributed by atoms with Gasteiger partial charge in [-0.1, -0.05) is 12.1 Å². The van der Waals surface area contributed by atoms with E-state index >= 15 is 0 Å². The second-order valence-electron chi connectivity index (χ2n) is 5.88. The maximum absolute atomic E-state index is 12.5. The maximum Gasteiger partial charge on any atom is 0.405 e. The molecule has 0 spiro atoms. The molecule has 0 bridgehead atoms. The van der Waals surface area contributed by atoms with E-state index in [1.165, 1.54) is 6.07 Å². The van der Waals surface area contributed by atoms with Gasteiger partial charge in [0.1, 0.15) is 17.9 Å². The van der Waals surface area contributed by atoms with E-state index in [-0.39, 0.29) is 17.9 Å². The number of fused-ring (bicyclic) bond motifs is 1.